The summed E-state index contributed by atoms with van der Waals surface area (Å²) in [5.74, 6) is 1.11. The average Bonchev–Trinajstić information content (AvgIpc) is 2.33. The number of nitriles is 1. The Hall–Kier alpha value is -2.54. The highest BCUT2D eigenvalue weighted by molar-refractivity contribution is 5.42. The number of aromatic nitrogens is 1. The molecule has 78 valence electrons. The third-order valence-electron chi connectivity index (χ3n) is 1.97. The Kier molecular flexibility index (Phi) is 2.70. The van der Waals surface area contributed by atoms with Crippen molar-refractivity contribution < 1.29 is 4.74 Å². The third kappa shape index (κ3) is 2.28. The Morgan fingerprint density at radius 2 is 1.88 bits per heavy atom. The van der Waals surface area contributed by atoms with Gasteiger partial charge in [-0.3, -0.25) is 0 Å². The largest absolute Gasteiger partial charge is 0.439 e. The summed E-state index contributed by atoms with van der Waals surface area (Å²) in [7, 11) is 0. The van der Waals surface area contributed by atoms with Gasteiger partial charge in [-0.1, -0.05) is 0 Å². The standard InChI is InChI=1S/C12H9N3O/c13-7-9-1-6-12(15-8-9)16-11-4-2-10(14)3-5-11/h1-6,8H,14H2. The number of rotatable bonds is 2. The highest BCUT2D eigenvalue weighted by Gasteiger charge is 1.98. The van der Waals surface area contributed by atoms with Crippen LogP contribution in [0.4, 0.5) is 5.69 Å². The maximum absolute atomic E-state index is 8.60. The lowest BCUT2D eigenvalue weighted by Crippen LogP contribution is -1.89. The quantitative estimate of drug-likeness (QED) is 0.774. The maximum atomic E-state index is 8.60. The first-order valence-electron chi connectivity index (χ1n) is 4.67. The second-order valence-electron chi connectivity index (χ2n) is 3.17. The van der Waals surface area contributed by atoms with Crippen LogP contribution in [-0.2, 0) is 0 Å². The highest BCUT2D eigenvalue weighted by Crippen LogP contribution is 2.20. The summed E-state index contributed by atoms with van der Waals surface area (Å²) in [6.07, 6.45) is 1.46. The van der Waals surface area contributed by atoms with E-state index in [0.717, 1.165) is 0 Å². The minimum absolute atomic E-state index is 0.448. The number of nitrogens with zero attached hydrogens (tertiary/aromatic N) is 2. The van der Waals surface area contributed by atoms with Gasteiger partial charge >= 0.3 is 0 Å². The molecule has 0 radical (unpaired) electrons. The van der Waals surface area contributed by atoms with Crippen LogP contribution >= 0.6 is 0 Å². The summed E-state index contributed by atoms with van der Waals surface area (Å²) >= 11 is 0. The smallest absolute Gasteiger partial charge is 0.219 e. The van der Waals surface area contributed by atoms with Crippen LogP contribution < -0.4 is 10.5 Å². The molecule has 1 heterocycles. The first-order valence-corrected chi connectivity index (χ1v) is 4.67. The number of nitrogens with two attached hydrogens (primary N) is 1. The number of pyridine rings is 1. The van der Waals surface area contributed by atoms with Crippen LogP contribution in [-0.4, -0.2) is 4.98 Å². The van der Waals surface area contributed by atoms with Crippen LogP contribution in [0.25, 0.3) is 0 Å². The number of hydrogen-bond acceptors (Lipinski definition) is 4. The van der Waals surface area contributed by atoms with Gasteiger partial charge in [0.15, 0.2) is 0 Å². The van der Waals surface area contributed by atoms with Gasteiger partial charge in [0.25, 0.3) is 0 Å². The second-order valence-corrected chi connectivity index (χ2v) is 3.17. The Morgan fingerprint density at radius 3 is 2.44 bits per heavy atom. The van der Waals surface area contributed by atoms with Gasteiger partial charge in [-0.15, -0.1) is 0 Å². The molecule has 16 heavy (non-hydrogen) atoms. The van der Waals surface area contributed by atoms with Gasteiger partial charge in [0, 0.05) is 18.0 Å². The van der Waals surface area contributed by atoms with Gasteiger partial charge in [0.2, 0.25) is 5.88 Å². The van der Waals surface area contributed by atoms with Gasteiger partial charge < -0.3 is 10.5 Å². The van der Waals surface area contributed by atoms with Crippen molar-refractivity contribution in [3.8, 4) is 17.7 Å². The van der Waals surface area contributed by atoms with E-state index in [1.54, 1.807) is 36.4 Å². The molecule has 2 rings (SSSR count). The van der Waals surface area contributed by atoms with Gasteiger partial charge in [0.1, 0.15) is 11.8 Å². The van der Waals surface area contributed by atoms with Crippen LogP contribution in [0.1, 0.15) is 5.56 Å². The van der Waals surface area contributed by atoms with Gasteiger partial charge in [-0.05, 0) is 30.3 Å². The monoisotopic (exact) mass is 211 g/mol. The van der Waals surface area contributed by atoms with E-state index >= 15 is 0 Å². The van der Waals surface area contributed by atoms with E-state index in [0.29, 0.717) is 22.9 Å². The van der Waals surface area contributed by atoms with Crippen LogP contribution in [0.5, 0.6) is 11.6 Å². The highest BCUT2D eigenvalue weighted by atomic mass is 16.5. The Labute approximate surface area is 92.9 Å². The van der Waals surface area contributed by atoms with Crippen molar-refractivity contribution in [3.05, 3.63) is 48.2 Å². The molecular formula is C12H9N3O. The molecule has 4 heteroatoms. The van der Waals surface area contributed by atoms with Crippen molar-refractivity contribution in [2.45, 2.75) is 0 Å². The van der Waals surface area contributed by atoms with E-state index in [4.69, 9.17) is 15.7 Å². The lowest BCUT2D eigenvalue weighted by atomic mass is 10.3. The minimum atomic E-state index is 0.448. The van der Waals surface area contributed by atoms with E-state index in [1.807, 2.05) is 6.07 Å². The molecule has 0 spiro atoms. The summed E-state index contributed by atoms with van der Waals surface area (Å²) in [6, 6.07) is 12.3. The number of nitrogen functional groups attached to an aromatic ring is 1. The van der Waals surface area contributed by atoms with Crippen LogP contribution in [0.15, 0.2) is 42.6 Å². The molecule has 0 aliphatic heterocycles. The van der Waals surface area contributed by atoms with E-state index in [1.165, 1.54) is 6.20 Å². The molecule has 2 N–H and O–H groups in total. The van der Waals surface area contributed by atoms with Crippen LogP contribution in [0, 0.1) is 11.3 Å². The predicted molar refractivity (Wildman–Crippen MR) is 59.9 cm³/mol. The van der Waals surface area contributed by atoms with Crippen molar-refractivity contribution in [2.24, 2.45) is 0 Å². The lowest BCUT2D eigenvalue weighted by molar-refractivity contribution is 0.463. The lowest BCUT2D eigenvalue weighted by Gasteiger charge is -2.04. The predicted octanol–water partition coefficient (Wildman–Crippen LogP) is 2.33. The summed E-state index contributed by atoms with van der Waals surface area (Å²) < 4.78 is 5.46. The Bertz CT molecular complexity index is 511. The first-order chi connectivity index (χ1) is 7.78. The Morgan fingerprint density at radius 1 is 1.12 bits per heavy atom. The molecule has 0 atom stereocenters. The number of anilines is 1. The van der Waals surface area contributed by atoms with Gasteiger partial charge in [0.05, 0.1) is 5.56 Å². The van der Waals surface area contributed by atoms with Crippen molar-refractivity contribution in [1.29, 1.82) is 5.26 Å². The summed E-state index contributed by atoms with van der Waals surface area (Å²) in [4.78, 5) is 3.99. The molecule has 0 saturated carbocycles. The topological polar surface area (TPSA) is 71.9 Å². The van der Waals surface area contributed by atoms with E-state index in [9.17, 15) is 0 Å². The molecular weight excluding hydrogens is 202 g/mol. The van der Waals surface area contributed by atoms with Crippen LogP contribution in [0.3, 0.4) is 0 Å². The van der Waals surface area contributed by atoms with E-state index in [2.05, 4.69) is 4.98 Å². The number of ether oxygens (including phenoxy) is 1. The van der Waals surface area contributed by atoms with E-state index < -0.39 is 0 Å². The molecule has 0 saturated heterocycles. The molecule has 0 unspecified atom stereocenters. The first kappa shape index (κ1) is 9.99. The summed E-state index contributed by atoms with van der Waals surface area (Å²) in [5.41, 5.74) is 6.74. The molecule has 0 aliphatic rings. The SMILES string of the molecule is N#Cc1ccc(Oc2ccc(N)cc2)nc1. The maximum Gasteiger partial charge on any atom is 0.219 e. The fraction of sp³-hybridized carbons (Fsp3) is 0. The molecule has 0 aliphatic carbocycles. The molecule has 0 fully saturated rings. The molecule has 1 aromatic carbocycles. The number of benzene rings is 1. The van der Waals surface area contributed by atoms with Crippen molar-refractivity contribution in [1.82, 2.24) is 4.98 Å². The zero-order valence-electron chi connectivity index (χ0n) is 8.42. The van der Waals surface area contributed by atoms with Crippen molar-refractivity contribution in [2.75, 3.05) is 5.73 Å². The molecule has 2 aromatic rings. The molecule has 0 bridgehead atoms. The minimum Gasteiger partial charge on any atom is -0.439 e. The van der Waals surface area contributed by atoms with Gasteiger partial charge in [-0.25, -0.2) is 4.98 Å². The summed E-state index contributed by atoms with van der Waals surface area (Å²) in [6.45, 7) is 0. The zero-order chi connectivity index (χ0) is 11.4. The zero-order valence-corrected chi connectivity index (χ0v) is 8.42. The van der Waals surface area contributed by atoms with Gasteiger partial charge in [-0.2, -0.15) is 5.26 Å². The second kappa shape index (κ2) is 4.32. The fourth-order valence-corrected chi connectivity index (χ4v) is 1.16. The third-order valence-corrected chi connectivity index (χ3v) is 1.97. The fourth-order valence-electron chi connectivity index (χ4n) is 1.16. The average molecular weight is 211 g/mol. The van der Waals surface area contributed by atoms with E-state index in [-0.39, 0.29) is 0 Å². The van der Waals surface area contributed by atoms with Crippen molar-refractivity contribution >= 4 is 5.69 Å². The number of hydrogen-bond donors (Lipinski definition) is 1. The normalized spacial score (nSPS) is 9.44. The molecule has 1 aromatic heterocycles. The van der Waals surface area contributed by atoms with Crippen LogP contribution in [0.2, 0.25) is 0 Å². The van der Waals surface area contributed by atoms with Crippen molar-refractivity contribution in [3.63, 3.8) is 0 Å². The summed E-state index contributed by atoms with van der Waals surface area (Å²) in [5, 5.41) is 8.60. The molecule has 4 nitrogen and oxygen atoms in total. The molecule has 0 amide bonds. The Balaban J connectivity index is 2.15.